The number of amides is 1. The van der Waals surface area contributed by atoms with Gasteiger partial charge < -0.3 is 10.2 Å². The standard InChI is InChI=1S/C16H26N6O3S/c1-4-17-16-18-7-13(8-19-16)15(23)22-10-12-5-6-14(22)11-21(9-12)26(24,25)20(2)3/h7-8,12,14H,4-6,9-11H2,1-3H3,(H,17,18,19). The molecule has 0 saturated carbocycles. The van der Waals surface area contributed by atoms with E-state index in [2.05, 4.69) is 15.3 Å². The second kappa shape index (κ2) is 7.45. The number of anilines is 1. The van der Waals surface area contributed by atoms with E-state index >= 15 is 0 Å². The average molecular weight is 382 g/mol. The molecule has 3 aliphatic heterocycles. The number of piperidine rings is 1. The van der Waals surface area contributed by atoms with Gasteiger partial charge in [-0.25, -0.2) is 9.97 Å². The van der Waals surface area contributed by atoms with E-state index in [0.29, 0.717) is 37.7 Å². The van der Waals surface area contributed by atoms with Crippen LogP contribution in [0, 0.1) is 5.92 Å². The minimum Gasteiger partial charge on any atom is -0.355 e. The molecule has 2 unspecified atom stereocenters. The van der Waals surface area contributed by atoms with Crippen molar-refractivity contribution in [3.63, 3.8) is 0 Å². The number of carbonyl (C=O) groups excluding carboxylic acids is 1. The van der Waals surface area contributed by atoms with Crippen LogP contribution in [0.2, 0.25) is 0 Å². The molecule has 10 heteroatoms. The first-order chi connectivity index (χ1) is 12.3. The zero-order chi connectivity index (χ0) is 18.9. The molecular weight excluding hydrogens is 356 g/mol. The molecule has 3 aliphatic rings. The van der Waals surface area contributed by atoms with Gasteiger partial charge in [-0.3, -0.25) is 4.79 Å². The van der Waals surface area contributed by atoms with Gasteiger partial charge in [0.2, 0.25) is 5.95 Å². The molecule has 0 radical (unpaired) electrons. The molecule has 4 rings (SSSR count). The number of nitrogens with zero attached hydrogens (tertiary/aromatic N) is 5. The van der Waals surface area contributed by atoms with Gasteiger partial charge in [0.25, 0.3) is 16.1 Å². The molecule has 0 spiro atoms. The molecule has 0 aliphatic carbocycles. The van der Waals surface area contributed by atoms with Gasteiger partial charge in [-0.05, 0) is 25.7 Å². The predicted molar refractivity (Wildman–Crippen MR) is 97.9 cm³/mol. The smallest absolute Gasteiger partial charge is 0.281 e. The fraction of sp³-hybridized carbons (Fsp3) is 0.688. The average Bonchev–Trinajstić information content (AvgIpc) is 2.94. The molecule has 1 amide bonds. The van der Waals surface area contributed by atoms with Crippen LogP contribution in [0.3, 0.4) is 0 Å². The predicted octanol–water partition coefficient (Wildman–Crippen LogP) is 0.251. The normalized spacial score (nSPS) is 23.9. The fourth-order valence-electron chi connectivity index (χ4n) is 3.56. The molecular formula is C16H26N6O3S. The van der Waals surface area contributed by atoms with Crippen LogP contribution in [0.4, 0.5) is 5.95 Å². The summed E-state index contributed by atoms with van der Waals surface area (Å²) in [6.07, 6.45) is 4.80. The Hall–Kier alpha value is -1.78. The third-order valence-corrected chi connectivity index (χ3v) is 6.84. The van der Waals surface area contributed by atoms with Crippen molar-refractivity contribution >= 4 is 22.1 Å². The van der Waals surface area contributed by atoms with Crippen LogP contribution in [0.25, 0.3) is 0 Å². The fourth-order valence-corrected chi connectivity index (χ4v) is 4.78. The molecule has 4 heterocycles. The van der Waals surface area contributed by atoms with Gasteiger partial charge in [0, 0.05) is 58.7 Å². The Labute approximate surface area is 154 Å². The molecule has 26 heavy (non-hydrogen) atoms. The number of nitrogens with one attached hydrogen (secondary N) is 1. The minimum atomic E-state index is -3.48. The topological polar surface area (TPSA) is 98.7 Å². The van der Waals surface area contributed by atoms with Crippen LogP contribution in [-0.2, 0) is 10.2 Å². The number of rotatable bonds is 5. The minimum absolute atomic E-state index is 0.121. The van der Waals surface area contributed by atoms with E-state index in [1.807, 2.05) is 6.92 Å². The molecule has 3 fully saturated rings. The molecule has 1 N–H and O–H groups in total. The summed E-state index contributed by atoms with van der Waals surface area (Å²) in [6.45, 7) is 4.01. The van der Waals surface area contributed by atoms with Crippen LogP contribution >= 0.6 is 0 Å². The van der Waals surface area contributed by atoms with Gasteiger partial charge in [0.15, 0.2) is 0 Å². The molecule has 2 atom stereocenters. The Morgan fingerprint density at radius 2 is 1.92 bits per heavy atom. The lowest BCUT2D eigenvalue weighted by Gasteiger charge is -2.36. The van der Waals surface area contributed by atoms with Crippen LogP contribution in [0.5, 0.6) is 0 Å². The summed E-state index contributed by atoms with van der Waals surface area (Å²) in [7, 11) is -0.407. The summed E-state index contributed by atoms with van der Waals surface area (Å²) < 4.78 is 27.8. The van der Waals surface area contributed by atoms with Crippen molar-refractivity contribution in [2.24, 2.45) is 5.92 Å². The van der Waals surface area contributed by atoms with Crippen LogP contribution in [0.15, 0.2) is 12.4 Å². The number of hydrogen-bond donors (Lipinski definition) is 1. The summed E-state index contributed by atoms with van der Waals surface area (Å²) >= 11 is 0. The van der Waals surface area contributed by atoms with Crippen molar-refractivity contribution in [1.82, 2.24) is 23.5 Å². The van der Waals surface area contributed by atoms with Crippen LogP contribution < -0.4 is 5.32 Å². The number of fused-ring (bicyclic) bond motifs is 4. The molecule has 1 aromatic heterocycles. The van der Waals surface area contributed by atoms with Gasteiger partial charge >= 0.3 is 0 Å². The SMILES string of the molecule is CCNc1ncc(C(=O)N2CC3CCC2CN(S(=O)(=O)N(C)C)C3)cn1. The lowest BCUT2D eigenvalue weighted by Crippen LogP contribution is -2.48. The lowest BCUT2D eigenvalue weighted by molar-refractivity contribution is 0.0587. The Balaban J connectivity index is 1.78. The number of carbonyl (C=O) groups is 1. The molecule has 9 nitrogen and oxygen atoms in total. The third kappa shape index (κ3) is 3.67. The maximum absolute atomic E-state index is 12.9. The highest BCUT2D eigenvalue weighted by Crippen LogP contribution is 2.30. The van der Waals surface area contributed by atoms with Gasteiger partial charge in [0.1, 0.15) is 0 Å². The maximum atomic E-state index is 12.9. The van der Waals surface area contributed by atoms with E-state index in [9.17, 15) is 13.2 Å². The zero-order valence-electron chi connectivity index (χ0n) is 15.4. The first kappa shape index (κ1) is 19.0. The highest BCUT2D eigenvalue weighted by atomic mass is 32.2. The maximum Gasteiger partial charge on any atom is 0.281 e. The van der Waals surface area contributed by atoms with Crippen molar-refractivity contribution < 1.29 is 13.2 Å². The van der Waals surface area contributed by atoms with E-state index in [1.54, 1.807) is 4.90 Å². The van der Waals surface area contributed by atoms with Crippen LogP contribution in [-0.4, -0.2) is 84.1 Å². The van der Waals surface area contributed by atoms with Gasteiger partial charge in [-0.1, -0.05) is 0 Å². The van der Waals surface area contributed by atoms with Crippen LogP contribution in [0.1, 0.15) is 30.1 Å². The van der Waals surface area contributed by atoms with E-state index in [1.165, 1.54) is 35.1 Å². The van der Waals surface area contributed by atoms with E-state index in [0.717, 1.165) is 12.8 Å². The molecule has 3 saturated heterocycles. The summed E-state index contributed by atoms with van der Waals surface area (Å²) in [5.41, 5.74) is 0.432. The first-order valence-corrected chi connectivity index (χ1v) is 10.3. The van der Waals surface area contributed by atoms with Gasteiger partial charge in [-0.2, -0.15) is 17.0 Å². The summed E-state index contributed by atoms with van der Waals surface area (Å²) in [5, 5.41) is 3.00. The quantitative estimate of drug-likeness (QED) is 0.784. The van der Waals surface area contributed by atoms with Crippen molar-refractivity contribution in [2.45, 2.75) is 25.8 Å². The first-order valence-electron chi connectivity index (χ1n) is 8.87. The Morgan fingerprint density at radius 1 is 1.23 bits per heavy atom. The Kier molecular flexibility index (Phi) is 5.44. The van der Waals surface area contributed by atoms with E-state index < -0.39 is 10.2 Å². The summed E-state index contributed by atoms with van der Waals surface area (Å²) in [4.78, 5) is 23.1. The van der Waals surface area contributed by atoms with Crippen molar-refractivity contribution in [3.05, 3.63) is 18.0 Å². The summed E-state index contributed by atoms with van der Waals surface area (Å²) in [5.74, 6) is 0.505. The van der Waals surface area contributed by atoms with Crippen molar-refractivity contribution in [1.29, 1.82) is 0 Å². The Bertz CT molecular complexity index is 752. The molecule has 144 valence electrons. The van der Waals surface area contributed by atoms with Gasteiger partial charge in [-0.15, -0.1) is 0 Å². The molecule has 2 bridgehead atoms. The largest absolute Gasteiger partial charge is 0.355 e. The van der Waals surface area contributed by atoms with Gasteiger partial charge in [0.05, 0.1) is 5.56 Å². The molecule has 0 aromatic carbocycles. The highest BCUT2D eigenvalue weighted by molar-refractivity contribution is 7.86. The third-order valence-electron chi connectivity index (χ3n) is 4.96. The Morgan fingerprint density at radius 3 is 2.54 bits per heavy atom. The summed E-state index contributed by atoms with van der Waals surface area (Å²) in [6, 6.07) is -0.121. The van der Waals surface area contributed by atoms with Crippen molar-refractivity contribution in [3.8, 4) is 0 Å². The number of aromatic nitrogens is 2. The lowest BCUT2D eigenvalue weighted by atomic mass is 9.94. The van der Waals surface area contributed by atoms with Crippen molar-refractivity contribution in [2.75, 3.05) is 45.6 Å². The second-order valence-electron chi connectivity index (χ2n) is 6.99. The second-order valence-corrected chi connectivity index (χ2v) is 9.13. The zero-order valence-corrected chi connectivity index (χ0v) is 16.2. The number of hydrogen-bond acceptors (Lipinski definition) is 6. The van der Waals surface area contributed by atoms with E-state index in [-0.39, 0.29) is 17.9 Å². The highest BCUT2D eigenvalue weighted by Gasteiger charge is 2.41. The monoisotopic (exact) mass is 382 g/mol. The molecule has 1 aromatic rings. The van der Waals surface area contributed by atoms with E-state index in [4.69, 9.17) is 0 Å².